The number of nitrogens with one attached hydrogen (secondary N) is 1. The van der Waals surface area contributed by atoms with Crippen molar-refractivity contribution in [3.63, 3.8) is 0 Å². The first-order valence-electron chi connectivity index (χ1n) is 7.25. The Balaban J connectivity index is 1.71. The van der Waals surface area contributed by atoms with Gasteiger partial charge in [0.2, 0.25) is 0 Å². The molecule has 2 heterocycles. The molecule has 2 aromatic heterocycles. The number of benzene rings is 1. The maximum atomic E-state index is 12.2. The first-order chi connectivity index (χ1) is 11.6. The third kappa shape index (κ3) is 3.64. The molecular weight excluding hydrogens is 306 g/mol. The number of primary amides is 1. The number of hydrogen-bond donors (Lipinski definition) is 2. The van der Waals surface area contributed by atoms with Crippen LogP contribution < -0.4 is 11.1 Å². The molecule has 0 aliphatic heterocycles. The van der Waals surface area contributed by atoms with Gasteiger partial charge in [-0.1, -0.05) is 12.1 Å². The maximum Gasteiger partial charge on any atom is 0.267 e. The number of anilines is 1. The number of nitrogens with zero attached hydrogens (tertiary/aromatic N) is 3. The van der Waals surface area contributed by atoms with E-state index in [0.29, 0.717) is 17.8 Å². The SMILES string of the molecule is NC(=O)c1ccc(C(=O)Nc2cccc(Cn3cccn3)c2)cn1. The molecule has 3 N–H and O–H groups in total. The summed E-state index contributed by atoms with van der Waals surface area (Å²) in [6.07, 6.45) is 4.91. The zero-order valence-corrected chi connectivity index (χ0v) is 12.7. The predicted molar refractivity (Wildman–Crippen MR) is 88.5 cm³/mol. The number of pyridine rings is 1. The fraction of sp³-hybridized carbons (Fsp3) is 0.0588. The Hall–Kier alpha value is -3.48. The fourth-order valence-corrected chi connectivity index (χ4v) is 2.21. The summed E-state index contributed by atoms with van der Waals surface area (Å²) in [6, 6.07) is 12.3. The molecule has 0 saturated carbocycles. The topological polar surface area (TPSA) is 103 Å². The monoisotopic (exact) mass is 321 g/mol. The van der Waals surface area contributed by atoms with Crippen LogP contribution in [0, 0.1) is 0 Å². The van der Waals surface area contributed by atoms with Crippen LogP contribution in [0.15, 0.2) is 61.1 Å². The minimum Gasteiger partial charge on any atom is -0.364 e. The van der Waals surface area contributed by atoms with Gasteiger partial charge in [0.05, 0.1) is 12.1 Å². The second-order valence-corrected chi connectivity index (χ2v) is 5.15. The van der Waals surface area contributed by atoms with E-state index in [1.165, 1.54) is 18.3 Å². The lowest BCUT2D eigenvalue weighted by atomic mass is 10.2. The van der Waals surface area contributed by atoms with E-state index < -0.39 is 5.91 Å². The molecule has 0 fully saturated rings. The molecule has 0 bridgehead atoms. The summed E-state index contributed by atoms with van der Waals surface area (Å²) < 4.78 is 1.80. The number of aromatic nitrogens is 3. The molecule has 7 heteroatoms. The average molecular weight is 321 g/mol. The number of carbonyl (C=O) groups excluding carboxylic acids is 2. The second kappa shape index (κ2) is 6.74. The summed E-state index contributed by atoms with van der Waals surface area (Å²) in [5.74, 6) is -0.942. The summed E-state index contributed by atoms with van der Waals surface area (Å²) in [5.41, 5.74) is 7.27. The van der Waals surface area contributed by atoms with E-state index in [-0.39, 0.29) is 11.6 Å². The molecule has 3 rings (SSSR count). The standard InChI is InChI=1S/C17H15N5O2/c18-16(23)15-6-5-13(10-19-15)17(24)21-14-4-1-3-12(9-14)11-22-8-2-7-20-22/h1-10H,11H2,(H2,18,23)(H,21,24). The van der Waals surface area contributed by atoms with Crippen LogP contribution in [0.3, 0.4) is 0 Å². The highest BCUT2D eigenvalue weighted by molar-refractivity contribution is 6.04. The number of amides is 2. The van der Waals surface area contributed by atoms with Crippen molar-refractivity contribution in [3.8, 4) is 0 Å². The Morgan fingerprint density at radius 1 is 1.17 bits per heavy atom. The van der Waals surface area contributed by atoms with Crippen LogP contribution in [-0.2, 0) is 6.54 Å². The zero-order chi connectivity index (χ0) is 16.9. The van der Waals surface area contributed by atoms with Crippen LogP contribution in [0.2, 0.25) is 0 Å². The van der Waals surface area contributed by atoms with Gasteiger partial charge < -0.3 is 11.1 Å². The molecule has 0 atom stereocenters. The van der Waals surface area contributed by atoms with E-state index in [9.17, 15) is 9.59 Å². The van der Waals surface area contributed by atoms with E-state index in [1.807, 2.05) is 30.5 Å². The fourth-order valence-electron chi connectivity index (χ4n) is 2.21. The van der Waals surface area contributed by atoms with Crippen molar-refractivity contribution in [2.45, 2.75) is 6.54 Å². The molecular formula is C17H15N5O2. The highest BCUT2D eigenvalue weighted by Crippen LogP contribution is 2.13. The Morgan fingerprint density at radius 3 is 2.71 bits per heavy atom. The lowest BCUT2D eigenvalue weighted by Crippen LogP contribution is -2.16. The summed E-state index contributed by atoms with van der Waals surface area (Å²) in [7, 11) is 0. The normalized spacial score (nSPS) is 10.3. The minimum absolute atomic E-state index is 0.118. The lowest BCUT2D eigenvalue weighted by molar-refractivity contribution is 0.0990. The zero-order valence-electron chi connectivity index (χ0n) is 12.7. The van der Waals surface area contributed by atoms with Crippen molar-refractivity contribution in [2.24, 2.45) is 5.73 Å². The summed E-state index contributed by atoms with van der Waals surface area (Å²) in [6.45, 7) is 0.617. The van der Waals surface area contributed by atoms with E-state index in [0.717, 1.165) is 5.56 Å². The van der Waals surface area contributed by atoms with E-state index in [2.05, 4.69) is 15.4 Å². The Bertz CT molecular complexity index is 857. The number of rotatable bonds is 5. The molecule has 0 spiro atoms. The quantitative estimate of drug-likeness (QED) is 0.746. The van der Waals surface area contributed by atoms with Gasteiger partial charge >= 0.3 is 0 Å². The third-order valence-corrected chi connectivity index (χ3v) is 3.37. The van der Waals surface area contributed by atoms with E-state index >= 15 is 0 Å². The first kappa shape index (κ1) is 15.4. The first-order valence-corrected chi connectivity index (χ1v) is 7.25. The number of nitrogens with two attached hydrogens (primary N) is 1. The van der Waals surface area contributed by atoms with Gasteiger partial charge in [0.25, 0.3) is 11.8 Å². The van der Waals surface area contributed by atoms with Gasteiger partial charge in [-0.2, -0.15) is 5.10 Å². The Morgan fingerprint density at radius 2 is 2.04 bits per heavy atom. The number of carbonyl (C=O) groups is 2. The maximum absolute atomic E-state index is 12.2. The van der Waals surface area contributed by atoms with Gasteiger partial charge in [-0.15, -0.1) is 0 Å². The Labute approximate surface area is 138 Å². The average Bonchev–Trinajstić information content (AvgIpc) is 3.08. The summed E-state index contributed by atoms with van der Waals surface area (Å²) in [5, 5.41) is 6.96. The van der Waals surface area contributed by atoms with Crippen molar-refractivity contribution < 1.29 is 9.59 Å². The molecule has 120 valence electrons. The van der Waals surface area contributed by atoms with Crippen molar-refractivity contribution in [3.05, 3.63) is 77.9 Å². The molecule has 0 unspecified atom stereocenters. The van der Waals surface area contributed by atoms with Gasteiger partial charge in [-0.05, 0) is 35.9 Å². The van der Waals surface area contributed by atoms with Crippen molar-refractivity contribution >= 4 is 17.5 Å². The van der Waals surface area contributed by atoms with Gasteiger partial charge in [0.15, 0.2) is 0 Å². The molecule has 0 aliphatic rings. The van der Waals surface area contributed by atoms with Gasteiger partial charge in [0, 0.05) is 24.3 Å². The molecule has 3 aromatic rings. The van der Waals surface area contributed by atoms with E-state index in [1.54, 1.807) is 16.9 Å². The van der Waals surface area contributed by atoms with Crippen molar-refractivity contribution in [2.75, 3.05) is 5.32 Å². The van der Waals surface area contributed by atoms with E-state index in [4.69, 9.17) is 5.73 Å². The molecule has 0 saturated heterocycles. The minimum atomic E-state index is -0.631. The van der Waals surface area contributed by atoms with Gasteiger partial charge in [-0.3, -0.25) is 19.3 Å². The van der Waals surface area contributed by atoms with Crippen molar-refractivity contribution in [1.29, 1.82) is 0 Å². The smallest absolute Gasteiger partial charge is 0.267 e. The summed E-state index contributed by atoms with van der Waals surface area (Å²) in [4.78, 5) is 27.1. The Kier molecular flexibility index (Phi) is 4.33. The molecule has 2 amide bonds. The van der Waals surface area contributed by atoms with Crippen LogP contribution in [0.5, 0.6) is 0 Å². The molecule has 7 nitrogen and oxygen atoms in total. The highest BCUT2D eigenvalue weighted by atomic mass is 16.2. The second-order valence-electron chi connectivity index (χ2n) is 5.15. The number of hydrogen-bond acceptors (Lipinski definition) is 4. The van der Waals surface area contributed by atoms with Crippen LogP contribution in [0.1, 0.15) is 26.4 Å². The lowest BCUT2D eigenvalue weighted by Gasteiger charge is -2.08. The van der Waals surface area contributed by atoms with Crippen LogP contribution in [-0.4, -0.2) is 26.6 Å². The third-order valence-electron chi connectivity index (χ3n) is 3.37. The summed E-state index contributed by atoms with van der Waals surface area (Å²) >= 11 is 0. The molecule has 0 aliphatic carbocycles. The molecule has 24 heavy (non-hydrogen) atoms. The predicted octanol–water partition coefficient (Wildman–Crippen LogP) is 1.68. The molecule has 0 radical (unpaired) electrons. The van der Waals surface area contributed by atoms with Crippen LogP contribution in [0.4, 0.5) is 5.69 Å². The highest BCUT2D eigenvalue weighted by Gasteiger charge is 2.09. The molecule has 1 aromatic carbocycles. The van der Waals surface area contributed by atoms with Crippen LogP contribution >= 0.6 is 0 Å². The van der Waals surface area contributed by atoms with Crippen molar-refractivity contribution in [1.82, 2.24) is 14.8 Å². The largest absolute Gasteiger partial charge is 0.364 e. The van der Waals surface area contributed by atoms with Crippen LogP contribution in [0.25, 0.3) is 0 Å². The van der Waals surface area contributed by atoms with Gasteiger partial charge in [-0.25, -0.2) is 0 Å². The van der Waals surface area contributed by atoms with Gasteiger partial charge in [0.1, 0.15) is 5.69 Å².